The Labute approximate surface area is 184 Å². The van der Waals surface area contributed by atoms with Gasteiger partial charge < -0.3 is 9.47 Å². The number of rotatable bonds is 8. The molecule has 0 spiro atoms. The summed E-state index contributed by atoms with van der Waals surface area (Å²) in [6.07, 6.45) is 0. The third-order valence-corrected chi connectivity index (χ3v) is 5.66. The first-order valence-corrected chi connectivity index (χ1v) is 10.6. The van der Waals surface area contributed by atoms with Gasteiger partial charge in [0, 0.05) is 5.69 Å². The van der Waals surface area contributed by atoms with Crippen molar-refractivity contribution in [1.29, 1.82) is 0 Å². The van der Waals surface area contributed by atoms with Crippen LogP contribution in [0.5, 0.6) is 11.5 Å². The van der Waals surface area contributed by atoms with Gasteiger partial charge in [0.15, 0.2) is 16.8 Å². The van der Waals surface area contributed by atoms with Crippen LogP contribution in [0.15, 0.2) is 84.0 Å². The number of methoxy groups -OCH3 is 2. The zero-order chi connectivity index (χ0) is 21.6. The number of aromatic nitrogens is 3. The summed E-state index contributed by atoms with van der Waals surface area (Å²) in [7, 11) is 3.19. The lowest BCUT2D eigenvalue weighted by molar-refractivity contribution is 0.101. The van der Waals surface area contributed by atoms with E-state index in [-0.39, 0.29) is 11.5 Å². The van der Waals surface area contributed by atoms with E-state index in [2.05, 4.69) is 10.2 Å². The van der Waals surface area contributed by atoms with Crippen LogP contribution in [0.4, 0.5) is 0 Å². The number of carbonyl (C=O) groups excluding carboxylic acids is 1. The van der Waals surface area contributed by atoms with Gasteiger partial charge in [-0.3, -0.25) is 9.36 Å². The first kappa shape index (κ1) is 20.7. The fraction of sp³-hybridized carbons (Fsp3) is 0.125. The molecule has 0 unspecified atom stereocenters. The minimum Gasteiger partial charge on any atom is -0.496 e. The van der Waals surface area contributed by atoms with Gasteiger partial charge in [-0.1, -0.05) is 54.2 Å². The molecule has 0 aliphatic heterocycles. The van der Waals surface area contributed by atoms with Crippen molar-refractivity contribution in [3.8, 4) is 28.6 Å². The number of para-hydroxylation sites is 3. The van der Waals surface area contributed by atoms with Gasteiger partial charge in [-0.15, -0.1) is 10.2 Å². The van der Waals surface area contributed by atoms with Crippen LogP contribution in [-0.4, -0.2) is 40.5 Å². The fourth-order valence-electron chi connectivity index (χ4n) is 3.26. The van der Waals surface area contributed by atoms with Gasteiger partial charge in [-0.2, -0.15) is 0 Å². The number of benzene rings is 3. The molecule has 0 saturated heterocycles. The molecular formula is C24H21N3O3S. The summed E-state index contributed by atoms with van der Waals surface area (Å²) < 4.78 is 12.8. The molecule has 156 valence electrons. The summed E-state index contributed by atoms with van der Waals surface area (Å²) in [5, 5.41) is 9.44. The van der Waals surface area contributed by atoms with Crippen molar-refractivity contribution in [2.75, 3.05) is 20.0 Å². The standard InChI is InChI=1S/C24H21N3O3S/c1-29-21-14-8-6-12-18(21)20(28)16-31-24-26-25-23(19-13-7-9-15-22(19)30-2)27(24)17-10-4-3-5-11-17/h3-15H,16H2,1-2H3. The highest BCUT2D eigenvalue weighted by atomic mass is 32.2. The van der Waals surface area contributed by atoms with Gasteiger partial charge in [0.25, 0.3) is 0 Å². The topological polar surface area (TPSA) is 66.2 Å². The molecule has 0 bridgehead atoms. The van der Waals surface area contributed by atoms with Crippen molar-refractivity contribution in [3.63, 3.8) is 0 Å². The molecule has 6 nitrogen and oxygen atoms in total. The quantitative estimate of drug-likeness (QED) is 0.291. The highest BCUT2D eigenvalue weighted by Gasteiger charge is 2.20. The van der Waals surface area contributed by atoms with Crippen molar-refractivity contribution in [3.05, 3.63) is 84.4 Å². The number of hydrogen-bond donors (Lipinski definition) is 0. The molecule has 0 amide bonds. The van der Waals surface area contributed by atoms with Crippen LogP contribution in [0.1, 0.15) is 10.4 Å². The van der Waals surface area contributed by atoms with E-state index in [1.54, 1.807) is 26.4 Å². The van der Waals surface area contributed by atoms with E-state index in [4.69, 9.17) is 9.47 Å². The Balaban J connectivity index is 1.70. The largest absolute Gasteiger partial charge is 0.496 e. The number of carbonyl (C=O) groups is 1. The second kappa shape index (κ2) is 9.49. The molecule has 3 aromatic carbocycles. The Bertz CT molecular complexity index is 1190. The second-order valence-corrected chi connectivity index (χ2v) is 7.53. The van der Waals surface area contributed by atoms with Gasteiger partial charge in [-0.05, 0) is 36.4 Å². The summed E-state index contributed by atoms with van der Waals surface area (Å²) in [5.41, 5.74) is 2.28. The predicted molar refractivity (Wildman–Crippen MR) is 121 cm³/mol. The van der Waals surface area contributed by atoms with Gasteiger partial charge in [0.1, 0.15) is 11.5 Å². The monoisotopic (exact) mass is 431 g/mol. The number of thioether (sulfide) groups is 1. The smallest absolute Gasteiger partial charge is 0.196 e. The Morgan fingerprint density at radius 2 is 1.48 bits per heavy atom. The normalized spacial score (nSPS) is 10.6. The highest BCUT2D eigenvalue weighted by Crippen LogP contribution is 2.33. The van der Waals surface area contributed by atoms with Crippen LogP contribution in [0.3, 0.4) is 0 Å². The Kier molecular flexibility index (Phi) is 6.33. The van der Waals surface area contributed by atoms with Crippen LogP contribution in [-0.2, 0) is 0 Å². The zero-order valence-electron chi connectivity index (χ0n) is 17.2. The minimum absolute atomic E-state index is 0.0381. The van der Waals surface area contributed by atoms with E-state index in [1.807, 2.05) is 71.3 Å². The van der Waals surface area contributed by atoms with Crippen LogP contribution in [0, 0.1) is 0 Å². The number of ketones is 1. The van der Waals surface area contributed by atoms with Crippen LogP contribution in [0.25, 0.3) is 17.1 Å². The lowest BCUT2D eigenvalue weighted by Gasteiger charge is -2.12. The molecule has 0 aliphatic carbocycles. The summed E-state index contributed by atoms with van der Waals surface area (Å²) in [6.45, 7) is 0. The summed E-state index contributed by atoms with van der Waals surface area (Å²) in [6, 6.07) is 24.7. The number of ether oxygens (including phenoxy) is 2. The molecule has 0 radical (unpaired) electrons. The summed E-state index contributed by atoms with van der Waals surface area (Å²) in [4.78, 5) is 12.8. The maximum atomic E-state index is 12.8. The average Bonchev–Trinajstić information content (AvgIpc) is 3.26. The minimum atomic E-state index is -0.0381. The number of Topliss-reactive ketones (excluding diaryl/α,β-unsaturated/α-hetero) is 1. The molecular weight excluding hydrogens is 410 g/mol. The lowest BCUT2D eigenvalue weighted by Crippen LogP contribution is -2.06. The van der Waals surface area contributed by atoms with Crippen LogP contribution < -0.4 is 9.47 Å². The van der Waals surface area contributed by atoms with Crippen molar-refractivity contribution in [2.24, 2.45) is 0 Å². The van der Waals surface area contributed by atoms with Crippen molar-refractivity contribution < 1.29 is 14.3 Å². The van der Waals surface area contributed by atoms with E-state index in [9.17, 15) is 4.79 Å². The maximum Gasteiger partial charge on any atom is 0.196 e. The molecule has 0 fully saturated rings. The highest BCUT2D eigenvalue weighted by molar-refractivity contribution is 7.99. The van der Waals surface area contributed by atoms with Gasteiger partial charge in [-0.25, -0.2) is 0 Å². The summed E-state index contributed by atoms with van der Waals surface area (Å²) in [5.74, 6) is 2.08. The average molecular weight is 432 g/mol. The van der Waals surface area contributed by atoms with E-state index in [1.165, 1.54) is 11.8 Å². The molecule has 31 heavy (non-hydrogen) atoms. The van der Waals surface area contributed by atoms with Crippen LogP contribution in [0.2, 0.25) is 0 Å². The van der Waals surface area contributed by atoms with Crippen LogP contribution >= 0.6 is 11.8 Å². The van der Waals surface area contributed by atoms with E-state index in [0.717, 1.165) is 11.3 Å². The molecule has 0 atom stereocenters. The number of nitrogens with zero attached hydrogens (tertiary/aromatic N) is 3. The molecule has 7 heteroatoms. The molecule has 1 aromatic heterocycles. The molecule has 0 saturated carbocycles. The first-order chi connectivity index (χ1) is 15.2. The lowest BCUT2D eigenvalue weighted by atomic mass is 10.1. The molecule has 1 heterocycles. The Hall–Kier alpha value is -3.58. The van der Waals surface area contributed by atoms with E-state index < -0.39 is 0 Å². The Morgan fingerprint density at radius 3 is 2.23 bits per heavy atom. The Morgan fingerprint density at radius 1 is 0.839 bits per heavy atom. The SMILES string of the molecule is COc1ccccc1C(=O)CSc1nnc(-c2ccccc2OC)n1-c1ccccc1. The number of hydrogen-bond acceptors (Lipinski definition) is 6. The van der Waals surface area contributed by atoms with E-state index in [0.29, 0.717) is 28.0 Å². The maximum absolute atomic E-state index is 12.8. The summed E-state index contributed by atoms with van der Waals surface area (Å²) >= 11 is 1.34. The van der Waals surface area contributed by atoms with Crippen molar-refractivity contribution >= 4 is 17.5 Å². The molecule has 4 aromatic rings. The molecule has 4 rings (SSSR count). The van der Waals surface area contributed by atoms with E-state index >= 15 is 0 Å². The van der Waals surface area contributed by atoms with Gasteiger partial charge in [0.2, 0.25) is 0 Å². The first-order valence-electron chi connectivity index (χ1n) is 9.66. The van der Waals surface area contributed by atoms with Crippen molar-refractivity contribution in [2.45, 2.75) is 5.16 Å². The van der Waals surface area contributed by atoms with Gasteiger partial charge >= 0.3 is 0 Å². The third-order valence-electron chi connectivity index (χ3n) is 4.74. The van der Waals surface area contributed by atoms with Crippen molar-refractivity contribution in [1.82, 2.24) is 14.8 Å². The zero-order valence-corrected chi connectivity index (χ0v) is 18.0. The fourth-order valence-corrected chi connectivity index (χ4v) is 4.10. The molecule has 0 N–H and O–H groups in total. The second-order valence-electron chi connectivity index (χ2n) is 6.59. The van der Waals surface area contributed by atoms with Gasteiger partial charge in [0.05, 0.1) is 31.1 Å². The third kappa shape index (κ3) is 4.32. The molecule has 0 aliphatic rings. The predicted octanol–water partition coefficient (Wildman–Crippen LogP) is 4.93.